The molecule has 6 heteroatoms. The lowest BCUT2D eigenvalue weighted by molar-refractivity contribution is -0.127. The number of benzene rings is 1. The van der Waals surface area contributed by atoms with Crippen LogP contribution in [-0.4, -0.2) is 43.4 Å². The van der Waals surface area contributed by atoms with E-state index in [1.165, 1.54) is 23.3 Å². The Bertz CT molecular complexity index is 750. The first kappa shape index (κ1) is 20.4. The largest absolute Gasteiger partial charge is 0.354 e. The van der Waals surface area contributed by atoms with Crippen LogP contribution in [0.2, 0.25) is 0 Å². The van der Waals surface area contributed by atoms with E-state index in [1.54, 1.807) is 30.3 Å². The minimum atomic E-state index is 0.00464. The van der Waals surface area contributed by atoms with Crippen LogP contribution in [0.3, 0.4) is 0 Å². The predicted molar refractivity (Wildman–Crippen MR) is 117 cm³/mol. The van der Waals surface area contributed by atoms with Gasteiger partial charge in [0.05, 0.1) is 6.54 Å². The number of guanidine groups is 1. The summed E-state index contributed by atoms with van der Waals surface area (Å²) in [6, 6.07) is 15.3. The Morgan fingerprint density at radius 1 is 1.11 bits per heavy atom. The van der Waals surface area contributed by atoms with E-state index in [0.717, 1.165) is 25.3 Å². The molecule has 0 radical (unpaired) electrons. The van der Waals surface area contributed by atoms with Crippen LogP contribution in [-0.2, 0) is 11.3 Å². The van der Waals surface area contributed by atoms with Crippen molar-refractivity contribution >= 4 is 23.2 Å². The van der Waals surface area contributed by atoms with Crippen LogP contribution in [0.1, 0.15) is 42.0 Å². The SMILES string of the molecule is CN(C)C(=O)CN=C(NCc1cccs1)NC1CCC(c2ccccc2)CC1. The van der Waals surface area contributed by atoms with E-state index >= 15 is 0 Å². The van der Waals surface area contributed by atoms with Crippen LogP contribution < -0.4 is 10.6 Å². The molecule has 0 atom stereocenters. The van der Waals surface area contributed by atoms with Crippen molar-refractivity contribution < 1.29 is 4.79 Å². The van der Waals surface area contributed by atoms with Crippen molar-refractivity contribution in [1.29, 1.82) is 0 Å². The van der Waals surface area contributed by atoms with Crippen LogP contribution in [0.5, 0.6) is 0 Å². The van der Waals surface area contributed by atoms with Crippen LogP contribution >= 0.6 is 11.3 Å². The maximum Gasteiger partial charge on any atom is 0.243 e. The third-order valence-electron chi connectivity index (χ3n) is 5.22. The topological polar surface area (TPSA) is 56.7 Å². The lowest BCUT2D eigenvalue weighted by Gasteiger charge is -2.30. The second-order valence-electron chi connectivity index (χ2n) is 7.49. The molecule has 0 bridgehead atoms. The van der Waals surface area contributed by atoms with Crippen molar-refractivity contribution in [3.05, 3.63) is 58.3 Å². The average molecular weight is 399 g/mol. The summed E-state index contributed by atoms with van der Waals surface area (Å²) < 4.78 is 0. The molecule has 0 saturated heterocycles. The number of hydrogen-bond donors (Lipinski definition) is 2. The lowest BCUT2D eigenvalue weighted by Crippen LogP contribution is -2.45. The number of carbonyl (C=O) groups excluding carboxylic acids is 1. The van der Waals surface area contributed by atoms with Gasteiger partial charge in [-0.15, -0.1) is 11.3 Å². The van der Waals surface area contributed by atoms with Gasteiger partial charge < -0.3 is 15.5 Å². The maximum absolute atomic E-state index is 11.9. The number of amides is 1. The molecule has 0 aliphatic heterocycles. The first-order valence-corrected chi connectivity index (χ1v) is 10.8. The Kier molecular flexibility index (Phi) is 7.48. The quantitative estimate of drug-likeness (QED) is 0.577. The molecule has 1 fully saturated rings. The molecule has 1 saturated carbocycles. The fraction of sp³-hybridized carbons (Fsp3) is 0.455. The first-order valence-electron chi connectivity index (χ1n) is 9.94. The number of aliphatic imine (C=N–C) groups is 1. The molecule has 1 heterocycles. The smallest absolute Gasteiger partial charge is 0.243 e. The second-order valence-corrected chi connectivity index (χ2v) is 8.52. The van der Waals surface area contributed by atoms with Crippen LogP contribution in [0.25, 0.3) is 0 Å². The zero-order valence-electron chi connectivity index (χ0n) is 16.7. The molecule has 1 aliphatic carbocycles. The normalized spacial score (nSPS) is 19.9. The number of thiophene rings is 1. The van der Waals surface area contributed by atoms with E-state index in [0.29, 0.717) is 12.0 Å². The number of hydrogen-bond acceptors (Lipinski definition) is 3. The van der Waals surface area contributed by atoms with Gasteiger partial charge in [-0.1, -0.05) is 36.4 Å². The fourth-order valence-corrected chi connectivity index (χ4v) is 4.16. The minimum Gasteiger partial charge on any atom is -0.354 e. The molecule has 5 nitrogen and oxygen atoms in total. The van der Waals surface area contributed by atoms with Crippen molar-refractivity contribution in [3.8, 4) is 0 Å². The van der Waals surface area contributed by atoms with Gasteiger partial charge in [-0.25, -0.2) is 4.99 Å². The molecule has 2 N–H and O–H groups in total. The van der Waals surface area contributed by atoms with Crippen LogP contribution in [0.4, 0.5) is 0 Å². The van der Waals surface area contributed by atoms with Gasteiger partial charge in [0.15, 0.2) is 5.96 Å². The summed E-state index contributed by atoms with van der Waals surface area (Å²) in [4.78, 5) is 19.3. The third kappa shape index (κ3) is 6.09. The summed E-state index contributed by atoms with van der Waals surface area (Å²) in [6.07, 6.45) is 4.58. The zero-order valence-corrected chi connectivity index (χ0v) is 17.5. The number of carbonyl (C=O) groups is 1. The number of likely N-dealkylation sites (N-methyl/N-ethyl adjacent to an activating group) is 1. The molecule has 1 aromatic carbocycles. The highest BCUT2D eigenvalue weighted by Crippen LogP contribution is 2.32. The van der Waals surface area contributed by atoms with Crippen molar-refractivity contribution in [2.45, 2.75) is 44.2 Å². The molecule has 2 aromatic rings. The first-order chi connectivity index (χ1) is 13.6. The summed E-state index contributed by atoms with van der Waals surface area (Å²) in [7, 11) is 3.52. The van der Waals surface area contributed by atoms with Crippen molar-refractivity contribution in [2.75, 3.05) is 20.6 Å². The maximum atomic E-state index is 11.9. The Labute approximate surface area is 171 Å². The molecule has 28 heavy (non-hydrogen) atoms. The van der Waals surface area contributed by atoms with Gasteiger partial charge in [0.1, 0.15) is 6.54 Å². The molecular weight excluding hydrogens is 368 g/mol. The predicted octanol–water partition coefficient (Wildman–Crippen LogP) is 3.60. The van der Waals surface area contributed by atoms with Crippen LogP contribution in [0.15, 0.2) is 52.8 Å². The summed E-state index contributed by atoms with van der Waals surface area (Å²) in [5.74, 6) is 1.38. The highest BCUT2D eigenvalue weighted by molar-refractivity contribution is 7.09. The van der Waals surface area contributed by atoms with Gasteiger partial charge in [-0.3, -0.25) is 4.79 Å². The van der Waals surface area contributed by atoms with E-state index in [9.17, 15) is 4.79 Å². The monoisotopic (exact) mass is 398 g/mol. The Morgan fingerprint density at radius 2 is 1.86 bits per heavy atom. The van der Waals surface area contributed by atoms with E-state index in [4.69, 9.17) is 0 Å². The molecule has 1 aliphatic rings. The number of rotatable bonds is 6. The summed E-state index contributed by atoms with van der Waals surface area (Å²) in [5, 5.41) is 9.01. The van der Waals surface area contributed by atoms with E-state index in [1.807, 2.05) is 6.07 Å². The van der Waals surface area contributed by atoms with Gasteiger partial charge in [0.25, 0.3) is 0 Å². The van der Waals surface area contributed by atoms with Crippen LogP contribution in [0, 0.1) is 0 Å². The molecule has 1 aromatic heterocycles. The Hall–Kier alpha value is -2.34. The summed E-state index contributed by atoms with van der Waals surface area (Å²) in [6.45, 7) is 0.880. The fourth-order valence-electron chi connectivity index (χ4n) is 3.51. The average Bonchev–Trinajstić information content (AvgIpc) is 3.24. The van der Waals surface area contributed by atoms with Crippen molar-refractivity contribution in [1.82, 2.24) is 15.5 Å². The number of nitrogens with one attached hydrogen (secondary N) is 2. The van der Waals surface area contributed by atoms with E-state index in [2.05, 4.69) is 57.4 Å². The molecule has 0 spiro atoms. The minimum absolute atomic E-state index is 0.00464. The Morgan fingerprint density at radius 3 is 2.50 bits per heavy atom. The molecule has 1 amide bonds. The summed E-state index contributed by atoms with van der Waals surface area (Å²) in [5.41, 5.74) is 1.45. The summed E-state index contributed by atoms with van der Waals surface area (Å²) >= 11 is 1.72. The third-order valence-corrected chi connectivity index (χ3v) is 6.10. The van der Waals surface area contributed by atoms with Gasteiger partial charge in [0.2, 0.25) is 5.91 Å². The van der Waals surface area contributed by atoms with Crippen molar-refractivity contribution in [3.63, 3.8) is 0 Å². The molecule has 0 unspecified atom stereocenters. The molecule has 150 valence electrons. The highest BCUT2D eigenvalue weighted by atomic mass is 32.1. The molecule has 3 rings (SSSR count). The van der Waals surface area contributed by atoms with E-state index < -0.39 is 0 Å². The van der Waals surface area contributed by atoms with Gasteiger partial charge >= 0.3 is 0 Å². The van der Waals surface area contributed by atoms with Gasteiger partial charge in [-0.05, 0) is 48.6 Å². The second kappa shape index (κ2) is 10.3. The van der Waals surface area contributed by atoms with Gasteiger partial charge in [-0.2, -0.15) is 0 Å². The van der Waals surface area contributed by atoms with Gasteiger partial charge in [0, 0.05) is 25.0 Å². The molecular formula is C22H30N4OS. The van der Waals surface area contributed by atoms with Crippen molar-refractivity contribution in [2.24, 2.45) is 4.99 Å². The lowest BCUT2D eigenvalue weighted by atomic mass is 9.82. The highest BCUT2D eigenvalue weighted by Gasteiger charge is 2.23. The number of nitrogens with zero attached hydrogens (tertiary/aromatic N) is 2. The zero-order chi connectivity index (χ0) is 19.8. The van der Waals surface area contributed by atoms with E-state index in [-0.39, 0.29) is 12.5 Å². The Balaban J connectivity index is 1.56. The standard InChI is InChI=1S/C22H30N4OS/c1-26(2)21(27)16-24-22(23-15-20-9-6-14-28-20)25-19-12-10-18(11-13-19)17-7-4-3-5-8-17/h3-9,14,18-19H,10-13,15-16H2,1-2H3,(H2,23,24,25).